The van der Waals surface area contributed by atoms with Gasteiger partial charge in [-0.05, 0) is 31.0 Å². The van der Waals surface area contributed by atoms with E-state index in [2.05, 4.69) is 34.2 Å². The van der Waals surface area contributed by atoms with E-state index in [4.69, 9.17) is 4.43 Å². The first-order chi connectivity index (χ1) is 6.43. The molecule has 14 heavy (non-hydrogen) atoms. The molecule has 2 nitrogen and oxygen atoms in total. The molecule has 0 aromatic heterocycles. The van der Waals surface area contributed by atoms with Gasteiger partial charge in [0.1, 0.15) is 0 Å². The van der Waals surface area contributed by atoms with Crippen LogP contribution in [-0.2, 0) is 9.22 Å². The molecule has 0 atom stereocenters. The van der Waals surface area contributed by atoms with Gasteiger partial charge in [-0.2, -0.15) is 0 Å². The van der Waals surface area contributed by atoms with Gasteiger partial charge in [-0.3, -0.25) is 4.79 Å². The van der Waals surface area contributed by atoms with Gasteiger partial charge in [0.2, 0.25) is 0 Å². The summed E-state index contributed by atoms with van der Waals surface area (Å²) in [5.41, 5.74) is 0. The average Bonchev–Trinajstić information content (AvgIpc) is 2.14. The second-order valence-electron chi connectivity index (χ2n) is 4.56. The maximum Gasteiger partial charge on any atom is 0.292 e. The molecule has 0 N–H and O–H groups in total. The molecule has 0 fully saturated rings. The van der Waals surface area contributed by atoms with Gasteiger partial charge in [0, 0.05) is 6.42 Å². The van der Waals surface area contributed by atoms with Crippen molar-refractivity contribution in [2.75, 3.05) is 0 Å². The van der Waals surface area contributed by atoms with Crippen LogP contribution >= 0.6 is 0 Å². The number of rotatable bonds is 6. The van der Waals surface area contributed by atoms with Crippen molar-refractivity contribution >= 4 is 14.3 Å². The Labute approximate surface area is 89.2 Å². The fourth-order valence-electron chi connectivity index (χ4n) is 1.13. The maximum atomic E-state index is 11.5. The zero-order chi connectivity index (χ0) is 11.2. The van der Waals surface area contributed by atoms with Crippen LogP contribution in [0.15, 0.2) is 0 Å². The van der Waals surface area contributed by atoms with Crippen LogP contribution in [0.1, 0.15) is 40.5 Å². The molecule has 0 bridgehead atoms. The number of hydrogen-bond acceptors (Lipinski definition) is 2. The van der Waals surface area contributed by atoms with E-state index < -0.39 is 8.32 Å². The summed E-state index contributed by atoms with van der Waals surface area (Å²) in [7, 11) is -1.68. The molecule has 0 radical (unpaired) electrons. The second kappa shape index (κ2) is 6.22. The first-order valence-electron chi connectivity index (χ1n) is 5.65. The van der Waals surface area contributed by atoms with E-state index in [1.807, 2.05) is 0 Å². The molecule has 0 heterocycles. The van der Waals surface area contributed by atoms with Crippen LogP contribution < -0.4 is 0 Å². The van der Waals surface area contributed by atoms with Crippen molar-refractivity contribution in [2.45, 2.75) is 59.2 Å². The molecule has 0 aliphatic rings. The molecule has 0 saturated carbocycles. The van der Waals surface area contributed by atoms with Crippen LogP contribution in [0.2, 0.25) is 18.6 Å². The molecule has 0 aliphatic heterocycles. The minimum atomic E-state index is -1.68. The molecule has 3 heteroatoms. The zero-order valence-electron chi connectivity index (χ0n) is 10.2. The van der Waals surface area contributed by atoms with E-state index in [-0.39, 0.29) is 5.97 Å². The van der Waals surface area contributed by atoms with Crippen LogP contribution in [0.3, 0.4) is 0 Å². The van der Waals surface area contributed by atoms with Crippen molar-refractivity contribution in [3.63, 3.8) is 0 Å². The van der Waals surface area contributed by atoms with Gasteiger partial charge in [0.15, 0.2) is 0 Å². The van der Waals surface area contributed by atoms with Crippen molar-refractivity contribution in [2.24, 2.45) is 5.92 Å². The predicted molar refractivity (Wildman–Crippen MR) is 62.7 cm³/mol. The number of carbonyl (C=O) groups excluding carboxylic acids is 1. The number of carbonyl (C=O) groups is 1. The molecule has 84 valence electrons. The normalized spacial score (nSPS) is 11.9. The fraction of sp³-hybridized carbons (Fsp3) is 0.909. The van der Waals surface area contributed by atoms with E-state index in [0.29, 0.717) is 12.3 Å². The Morgan fingerprint density at radius 3 is 2.14 bits per heavy atom. The Morgan fingerprint density at radius 1 is 1.29 bits per heavy atom. The van der Waals surface area contributed by atoms with Crippen LogP contribution in [0.5, 0.6) is 0 Å². The topological polar surface area (TPSA) is 26.3 Å². The lowest BCUT2D eigenvalue weighted by Gasteiger charge is -2.24. The molecular formula is C11H24O2Si. The Bertz CT molecular complexity index is 174. The lowest BCUT2D eigenvalue weighted by atomic mass is 10.1. The van der Waals surface area contributed by atoms with Gasteiger partial charge < -0.3 is 4.43 Å². The lowest BCUT2D eigenvalue weighted by molar-refractivity contribution is -0.135. The summed E-state index contributed by atoms with van der Waals surface area (Å²) in [4.78, 5) is 11.5. The van der Waals surface area contributed by atoms with Crippen molar-refractivity contribution < 1.29 is 9.22 Å². The molecule has 0 rings (SSSR count). The van der Waals surface area contributed by atoms with E-state index in [9.17, 15) is 4.79 Å². The van der Waals surface area contributed by atoms with E-state index >= 15 is 0 Å². The van der Waals surface area contributed by atoms with E-state index in [0.717, 1.165) is 18.5 Å². The summed E-state index contributed by atoms with van der Waals surface area (Å²) in [6, 6.07) is 2.05. The van der Waals surface area contributed by atoms with E-state index in [1.54, 1.807) is 0 Å². The molecule has 0 amide bonds. The summed E-state index contributed by atoms with van der Waals surface area (Å²) in [5, 5.41) is 0. The fourth-order valence-corrected chi connectivity index (χ4v) is 2.57. The monoisotopic (exact) mass is 216 g/mol. The minimum absolute atomic E-state index is 0.0107. The Morgan fingerprint density at radius 2 is 1.79 bits per heavy atom. The third-order valence-corrected chi connectivity index (χ3v) is 6.49. The van der Waals surface area contributed by atoms with Crippen molar-refractivity contribution in [3.8, 4) is 0 Å². The molecule has 0 aromatic carbocycles. The first-order valence-corrected chi connectivity index (χ1v) is 8.47. The van der Waals surface area contributed by atoms with Gasteiger partial charge in [-0.25, -0.2) is 0 Å². The maximum absolute atomic E-state index is 11.5. The van der Waals surface area contributed by atoms with Crippen LogP contribution in [0, 0.1) is 5.92 Å². The summed E-state index contributed by atoms with van der Waals surface area (Å²) in [5.74, 6) is 0.593. The van der Waals surface area contributed by atoms with Crippen molar-refractivity contribution in [1.29, 1.82) is 0 Å². The van der Waals surface area contributed by atoms with Crippen molar-refractivity contribution in [1.82, 2.24) is 0 Å². The average molecular weight is 216 g/mol. The second-order valence-corrected chi connectivity index (χ2v) is 9.08. The molecule has 0 aromatic rings. The third-order valence-electron chi connectivity index (χ3n) is 2.78. The van der Waals surface area contributed by atoms with Gasteiger partial charge in [-0.15, -0.1) is 0 Å². The largest absolute Gasteiger partial charge is 0.519 e. The van der Waals surface area contributed by atoms with Crippen LogP contribution in [0.4, 0.5) is 0 Å². The Kier molecular flexibility index (Phi) is 6.08. The molecule has 0 aliphatic carbocycles. The molecule has 0 saturated heterocycles. The quantitative estimate of drug-likeness (QED) is 0.634. The highest BCUT2D eigenvalue weighted by Gasteiger charge is 2.28. The SMILES string of the molecule is CC[Si](C)(CC)OC(=O)CCC(C)C. The molecule has 0 unspecified atom stereocenters. The van der Waals surface area contributed by atoms with E-state index in [1.165, 1.54) is 0 Å². The lowest BCUT2D eigenvalue weighted by Crippen LogP contribution is -2.35. The molecule has 0 spiro atoms. The summed E-state index contributed by atoms with van der Waals surface area (Å²) in [6.07, 6.45) is 1.52. The van der Waals surface area contributed by atoms with Gasteiger partial charge >= 0.3 is 0 Å². The summed E-state index contributed by atoms with van der Waals surface area (Å²) in [6.45, 7) is 10.6. The standard InChI is InChI=1S/C11H24O2Si/c1-6-14(5,7-2)13-11(12)9-8-10(3)4/h10H,6-9H2,1-5H3. The van der Waals surface area contributed by atoms with Crippen LogP contribution in [0.25, 0.3) is 0 Å². The third kappa shape index (κ3) is 5.42. The highest BCUT2D eigenvalue weighted by atomic mass is 28.4. The van der Waals surface area contributed by atoms with Gasteiger partial charge in [0.25, 0.3) is 14.3 Å². The predicted octanol–water partition coefficient (Wildman–Crippen LogP) is 3.58. The Hall–Kier alpha value is -0.313. The highest BCUT2D eigenvalue weighted by molar-refractivity contribution is 6.73. The van der Waals surface area contributed by atoms with Crippen LogP contribution in [-0.4, -0.2) is 14.3 Å². The minimum Gasteiger partial charge on any atom is -0.519 e. The Balaban J connectivity index is 3.92. The molecular weight excluding hydrogens is 192 g/mol. The smallest absolute Gasteiger partial charge is 0.292 e. The van der Waals surface area contributed by atoms with Gasteiger partial charge in [-0.1, -0.05) is 27.7 Å². The highest BCUT2D eigenvalue weighted by Crippen LogP contribution is 2.17. The van der Waals surface area contributed by atoms with Crippen molar-refractivity contribution in [3.05, 3.63) is 0 Å². The number of hydrogen-bond donors (Lipinski definition) is 0. The summed E-state index contributed by atoms with van der Waals surface area (Å²) < 4.78 is 5.59. The first kappa shape index (κ1) is 13.7. The zero-order valence-corrected chi connectivity index (χ0v) is 11.2. The summed E-state index contributed by atoms with van der Waals surface area (Å²) >= 11 is 0. The van der Waals surface area contributed by atoms with Gasteiger partial charge in [0.05, 0.1) is 0 Å².